The van der Waals surface area contributed by atoms with Crippen molar-refractivity contribution in [1.82, 2.24) is 29.7 Å². The lowest BCUT2D eigenvalue weighted by Gasteiger charge is -2.43. The number of carboxylic acid groups (broad SMARTS) is 1. The van der Waals surface area contributed by atoms with E-state index in [1.807, 2.05) is 25.1 Å². The number of nitrogens with one attached hydrogen (secondary N) is 2. The minimum Gasteiger partial charge on any atom is -0.492 e. The van der Waals surface area contributed by atoms with Gasteiger partial charge < -0.3 is 34.8 Å². The Balaban J connectivity index is 0.000000705. The van der Waals surface area contributed by atoms with Crippen molar-refractivity contribution >= 4 is 74.2 Å². The number of hydrogen-bond acceptors (Lipinski definition) is 12. The Morgan fingerprint density at radius 3 is 2.26 bits per heavy atom. The first kappa shape index (κ1) is 40.1. The normalized spacial score (nSPS) is 16.2. The maximum atomic E-state index is 16.2. The van der Waals surface area contributed by atoms with E-state index in [0.29, 0.717) is 49.7 Å². The highest BCUT2D eigenvalue weighted by Gasteiger charge is 2.38. The largest absolute Gasteiger partial charge is 0.492 e. The molecule has 6 rings (SSSR count). The molecule has 0 radical (unpaired) electrons. The van der Waals surface area contributed by atoms with E-state index in [-0.39, 0.29) is 11.7 Å². The number of halogens is 5. The maximum absolute atomic E-state index is 16.2. The topological polar surface area (TPSA) is 149 Å². The molecule has 0 saturated carbocycles. The summed E-state index contributed by atoms with van der Waals surface area (Å²) in [6, 6.07) is 6.06. The number of methoxy groups -OCH3 is 1. The molecule has 0 spiro atoms. The van der Waals surface area contributed by atoms with Crippen molar-refractivity contribution in [3.05, 3.63) is 52.6 Å². The first-order chi connectivity index (χ1) is 25.0. The molecule has 4 aromatic rings. The molecule has 3 N–H and O–H groups in total. The van der Waals surface area contributed by atoms with E-state index >= 15 is 4.39 Å². The van der Waals surface area contributed by atoms with Crippen LogP contribution in [0, 0.1) is 12.7 Å². The Morgan fingerprint density at radius 2 is 1.66 bits per heavy atom. The first-order valence-corrected chi connectivity index (χ1v) is 20.1. The molecule has 19 heteroatoms. The minimum atomic E-state index is -5.08. The monoisotopic (exact) mass is 825 g/mol. The number of rotatable bonds is 8. The van der Waals surface area contributed by atoms with Crippen LogP contribution in [0.2, 0.25) is 0 Å². The molecular weight excluding hydrogens is 785 g/mol. The van der Waals surface area contributed by atoms with Gasteiger partial charge in [-0.3, -0.25) is 14.9 Å². The van der Waals surface area contributed by atoms with Crippen LogP contribution in [0.15, 0.2) is 41.3 Å². The molecule has 2 aromatic heterocycles. The van der Waals surface area contributed by atoms with Crippen molar-refractivity contribution in [3.63, 3.8) is 0 Å². The van der Waals surface area contributed by atoms with E-state index in [4.69, 9.17) is 14.6 Å². The highest BCUT2D eigenvalue weighted by atomic mass is 79.9. The molecule has 2 aromatic carbocycles. The van der Waals surface area contributed by atoms with Crippen LogP contribution in [0.4, 0.5) is 46.4 Å². The SMILES string of the molecule is COc1c(Nc2ncc(Br)c(Nc3ccc4nccnc4c3P(C)(C)=O)n2)cc(C)c(N2CCC(N3CCN(C)CC3)CC2)c1F.O=C(O)C(F)(F)F. The van der Waals surface area contributed by atoms with E-state index in [1.54, 1.807) is 31.9 Å². The van der Waals surface area contributed by atoms with Crippen molar-refractivity contribution in [2.75, 3.05) is 82.3 Å². The molecule has 2 saturated heterocycles. The number of aromatic nitrogens is 4. The van der Waals surface area contributed by atoms with Crippen LogP contribution >= 0.6 is 23.1 Å². The number of alkyl halides is 3. The third-order valence-corrected chi connectivity index (χ3v) is 11.2. The van der Waals surface area contributed by atoms with Gasteiger partial charge in [-0.15, -0.1) is 0 Å². The Hall–Kier alpha value is -4.12. The van der Waals surface area contributed by atoms with Crippen LogP contribution in [-0.2, 0) is 9.36 Å². The van der Waals surface area contributed by atoms with Crippen LogP contribution < -0.4 is 25.6 Å². The maximum Gasteiger partial charge on any atom is 0.490 e. The summed E-state index contributed by atoms with van der Waals surface area (Å²) in [6.45, 7) is 11.3. The van der Waals surface area contributed by atoms with E-state index in [2.05, 4.69) is 68.2 Å². The van der Waals surface area contributed by atoms with Gasteiger partial charge in [0.15, 0.2) is 11.6 Å². The van der Waals surface area contributed by atoms with Gasteiger partial charge in [-0.1, -0.05) is 0 Å². The van der Waals surface area contributed by atoms with E-state index in [9.17, 15) is 17.7 Å². The van der Waals surface area contributed by atoms with Crippen molar-refractivity contribution in [2.24, 2.45) is 0 Å². The predicted octanol–water partition coefficient (Wildman–Crippen LogP) is 6.22. The molecule has 13 nitrogen and oxygen atoms in total. The highest BCUT2D eigenvalue weighted by molar-refractivity contribution is 9.10. The molecule has 0 unspecified atom stereocenters. The zero-order valence-corrected chi connectivity index (χ0v) is 32.3. The fraction of sp³-hybridized carbons (Fsp3) is 0.441. The number of fused-ring (bicyclic) bond motifs is 1. The van der Waals surface area contributed by atoms with Gasteiger partial charge in [-0.05, 0) is 79.8 Å². The van der Waals surface area contributed by atoms with Crippen molar-refractivity contribution in [3.8, 4) is 5.75 Å². The number of ether oxygens (including phenoxy) is 1. The summed E-state index contributed by atoms with van der Waals surface area (Å²) in [6.07, 6.45) is 1.72. The molecule has 0 amide bonds. The van der Waals surface area contributed by atoms with Gasteiger partial charge in [0, 0.05) is 63.9 Å². The number of piperidine rings is 1. The molecule has 0 aliphatic carbocycles. The minimum absolute atomic E-state index is 0.108. The summed E-state index contributed by atoms with van der Waals surface area (Å²) in [5.41, 5.74) is 3.64. The Kier molecular flexibility index (Phi) is 12.5. The summed E-state index contributed by atoms with van der Waals surface area (Å²) in [4.78, 5) is 33.9. The number of carbonyl (C=O) groups is 1. The highest BCUT2D eigenvalue weighted by Crippen LogP contribution is 2.42. The lowest BCUT2D eigenvalue weighted by atomic mass is 10.00. The standard InChI is InChI=1S/C32H40BrFN9O2P.C2HF3O2/c1-20-18-25(29(45-3)26(34)28(20)43-12-8-21(9-13-43)42-16-14-41(2)15-17-42)39-32-37-19-22(33)31(40-32)38-24-7-6-23-27(36-11-10-35-23)30(24)46(4,5)44;3-2(4,5)1(6)7/h6-7,10-11,18-19,21H,8-9,12-17H2,1-5H3,(H2,37,38,39,40);(H,6,7). The number of aryl methyl sites for hydroxylation is 1. The molecule has 4 heterocycles. The number of anilines is 5. The van der Waals surface area contributed by atoms with Gasteiger partial charge in [0.1, 0.15) is 18.5 Å². The van der Waals surface area contributed by atoms with Crippen LogP contribution in [0.5, 0.6) is 5.75 Å². The Bertz CT molecular complexity index is 2000. The van der Waals surface area contributed by atoms with E-state index < -0.39 is 25.1 Å². The number of nitrogens with zero attached hydrogens (tertiary/aromatic N) is 7. The summed E-state index contributed by atoms with van der Waals surface area (Å²) in [7, 11) is 0.863. The van der Waals surface area contributed by atoms with Crippen LogP contribution in [0.3, 0.4) is 0 Å². The summed E-state index contributed by atoms with van der Waals surface area (Å²) in [5.74, 6) is -2.38. The number of piperazine rings is 1. The van der Waals surface area contributed by atoms with Gasteiger partial charge in [0.25, 0.3) is 0 Å². The Morgan fingerprint density at radius 1 is 1.02 bits per heavy atom. The van der Waals surface area contributed by atoms with Crippen molar-refractivity contribution in [1.29, 1.82) is 0 Å². The zero-order valence-electron chi connectivity index (χ0n) is 29.8. The second-order valence-corrected chi connectivity index (χ2v) is 17.2. The number of aliphatic carboxylic acids is 1. The second kappa shape index (κ2) is 16.5. The third kappa shape index (κ3) is 9.52. The van der Waals surface area contributed by atoms with Gasteiger partial charge in [0.2, 0.25) is 5.95 Å². The third-order valence-electron chi connectivity index (χ3n) is 9.06. The molecule has 2 aliphatic heterocycles. The van der Waals surface area contributed by atoms with Gasteiger partial charge in [0.05, 0.1) is 39.5 Å². The summed E-state index contributed by atoms with van der Waals surface area (Å²) >= 11 is 3.53. The van der Waals surface area contributed by atoms with Gasteiger partial charge in [-0.25, -0.2) is 14.2 Å². The van der Waals surface area contributed by atoms with Crippen LogP contribution in [0.1, 0.15) is 18.4 Å². The number of likely N-dealkylation sites (N-methyl/N-ethyl adjacent to an activating group) is 1. The Labute approximate surface area is 312 Å². The predicted molar refractivity (Wildman–Crippen MR) is 201 cm³/mol. The molecular formula is C34H41BrF4N9O4P. The van der Waals surface area contributed by atoms with Crippen LogP contribution in [0.25, 0.3) is 11.0 Å². The molecule has 2 fully saturated rings. The lowest BCUT2D eigenvalue weighted by Crippen LogP contribution is -2.52. The van der Waals surface area contributed by atoms with Crippen molar-refractivity contribution < 1.29 is 36.8 Å². The molecule has 2 aliphatic rings. The second-order valence-electron chi connectivity index (χ2n) is 13.2. The number of carboxylic acids is 1. The molecule has 286 valence electrons. The molecule has 53 heavy (non-hydrogen) atoms. The van der Waals surface area contributed by atoms with Gasteiger partial charge >= 0.3 is 12.1 Å². The molecule has 0 atom stereocenters. The molecule has 0 bridgehead atoms. The number of hydrogen-bond donors (Lipinski definition) is 3. The number of benzene rings is 2. The summed E-state index contributed by atoms with van der Waals surface area (Å²) in [5, 5.41) is 14.2. The van der Waals surface area contributed by atoms with Gasteiger partial charge in [-0.2, -0.15) is 18.2 Å². The smallest absolute Gasteiger partial charge is 0.490 e. The first-order valence-electron chi connectivity index (χ1n) is 16.7. The average Bonchev–Trinajstić information content (AvgIpc) is 3.09. The van der Waals surface area contributed by atoms with E-state index in [1.165, 1.54) is 7.11 Å². The van der Waals surface area contributed by atoms with Crippen LogP contribution in [-0.4, -0.2) is 120 Å². The quantitative estimate of drug-likeness (QED) is 0.137. The van der Waals surface area contributed by atoms with E-state index in [0.717, 1.165) is 57.7 Å². The fourth-order valence-corrected chi connectivity index (χ4v) is 8.19. The average molecular weight is 827 g/mol. The summed E-state index contributed by atoms with van der Waals surface area (Å²) < 4.78 is 67.5. The zero-order chi connectivity index (χ0) is 38.7. The fourth-order valence-electron chi connectivity index (χ4n) is 6.50. The lowest BCUT2D eigenvalue weighted by molar-refractivity contribution is -0.192. The van der Waals surface area contributed by atoms with Crippen molar-refractivity contribution in [2.45, 2.75) is 32.0 Å².